The number of anilines is 1. The summed E-state index contributed by atoms with van der Waals surface area (Å²) in [6.07, 6.45) is 1.42. The first-order valence-electron chi connectivity index (χ1n) is 10.5. The minimum atomic E-state index is -0.703. The van der Waals surface area contributed by atoms with Gasteiger partial charge < -0.3 is 10.1 Å². The highest BCUT2D eigenvalue weighted by molar-refractivity contribution is 6.32. The van der Waals surface area contributed by atoms with E-state index in [2.05, 4.69) is 5.32 Å². The lowest BCUT2D eigenvalue weighted by Gasteiger charge is -2.10. The van der Waals surface area contributed by atoms with Crippen LogP contribution in [0.25, 0.3) is 16.8 Å². The van der Waals surface area contributed by atoms with E-state index in [0.717, 1.165) is 22.4 Å². The first kappa shape index (κ1) is 23.5. The van der Waals surface area contributed by atoms with Crippen LogP contribution >= 0.6 is 11.6 Å². The van der Waals surface area contributed by atoms with Gasteiger partial charge >= 0.3 is 0 Å². The van der Waals surface area contributed by atoms with E-state index in [-0.39, 0.29) is 22.0 Å². The molecular formula is C27H18ClN3O4. The van der Waals surface area contributed by atoms with Gasteiger partial charge in [0.25, 0.3) is 11.6 Å². The van der Waals surface area contributed by atoms with E-state index in [1.165, 1.54) is 18.2 Å². The Hall–Kier alpha value is -4.67. The van der Waals surface area contributed by atoms with Gasteiger partial charge in [-0.2, -0.15) is 5.26 Å². The second-order valence-electron chi connectivity index (χ2n) is 7.55. The number of nitro benzene ring substituents is 1. The van der Waals surface area contributed by atoms with Crippen molar-refractivity contribution in [1.82, 2.24) is 0 Å². The number of nitriles is 1. The van der Waals surface area contributed by atoms with Gasteiger partial charge in [0.15, 0.2) is 0 Å². The molecule has 0 saturated heterocycles. The Bertz CT molecular complexity index is 1500. The van der Waals surface area contributed by atoms with E-state index >= 15 is 0 Å². The summed E-state index contributed by atoms with van der Waals surface area (Å²) in [7, 11) is 0. The lowest BCUT2D eigenvalue weighted by Crippen LogP contribution is -2.13. The molecule has 0 aliphatic carbocycles. The zero-order valence-corrected chi connectivity index (χ0v) is 19.0. The largest absolute Gasteiger partial charge is 0.489 e. The lowest BCUT2D eigenvalue weighted by atomic mass is 10.1. The summed E-state index contributed by atoms with van der Waals surface area (Å²) in [5.41, 5.74) is 1.27. The van der Waals surface area contributed by atoms with Crippen molar-refractivity contribution in [2.24, 2.45) is 0 Å². The summed E-state index contributed by atoms with van der Waals surface area (Å²) in [5.74, 6) is -0.121. The molecule has 0 saturated carbocycles. The van der Waals surface area contributed by atoms with E-state index in [1.54, 1.807) is 24.3 Å². The number of nitro groups is 1. The first-order valence-corrected chi connectivity index (χ1v) is 10.9. The molecule has 0 aliphatic heterocycles. The maximum Gasteiger partial charge on any atom is 0.289 e. The quantitative estimate of drug-likeness (QED) is 0.139. The molecular weight excluding hydrogens is 466 g/mol. The van der Waals surface area contributed by atoms with E-state index in [0.29, 0.717) is 17.9 Å². The summed E-state index contributed by atoms with van der Waals surface area (Å²) in [6.45, 7) is 0.357. The molecule has 4 rings (SSSR count). The fourth-order valence-corrected chi connectivity index (χ4v) is 3.70. The Morgan fingerprint density at radius 2 is 1.83 bits per heavy atom. The van der Waals surface area contributed by atoms with Crippen molar-refractivity contribution in [1.29, 1.82) is 5.26 Å². The van der Waals surface area contributed by atoms with Crippen molar-refractivity contribution in [2.75, 3.05) is 5.32 Å². The predicted molar refractivity (Wildman–Crippen MR) is 135 cm³/mol. The summed E-state index contributed by atoms with van der Waals surface area (Å²) < 4.78 is 5.97. The van der Waals surface area contributed by atoms with Crippen molar-refractivity contribution < 1.29 is 14.5 Å². The van der Waals surface area contributed by atoms with Crippen LogP contribution in [0.4, 0.5) is 11.4 Å². The molecule has 0 fully saturated rings. The van der Waals surface area contributed by atoms with Gasteiger partial charge in [-0.05, 0) is 52.2 Å². The molecule has 7 nitrogen and oxygen atoms in total. The highest BCUT2D eigenvalue weighted by atomic mass is 35.5. The summed E-state index contributed by atoms with van der Waals surface area (Å²) in [6, 6.07) is 26.8. The summed E-state index contributed by atoms with van der Waals surface area (Å²) in [5, 5.41) is 25.2. The van der Waals surface area contributed by atoms with Crippen LogP contribution in [0.2, 0.25) is 5.02 Å². The topological polar surface area (TPSA) is 105 Å². The SMILES string of the molecule is N#CC(=Cc1cccc(OCc2cccc3ccccc23)c1)C(=O)Nc1ccc(Cl)c([N+](=O)[O-])c1. The Labute approximate surface area is 206 Å². The van der Waals surface area contributed by atoms with Crippen LogP contribution in [-0.2, 0) is 11.4 Å². The molecule has 1 N–H and O–H groups in total. The van der Waals surface area contributed by atoms with Crippen molar-refractivity contribution in [3.63, 3.8) is 0 Å². The molecule has 0 aliphatic rings. The van der Waals surface area contributed by atoms with Crippen LogP contribution in [0.5, 0.6) is 5.75 Å². The number of rotatable bonds is 7. The molecule has 172 valence electrons. The van der Waals surface area contributed by atoms with Crippen LogP contribution in [0.15, 0.2) is 90.5 Å². The zero-order chi connectivity index (χ0) is 24.8. The van der Waals surface area contributed by atoms with Crippen LogP contribution in [0, 0.1) is 21.4 Å². The number of carbonyl (C=O) groups excluding carboxylic acids is 1. The molecule has 0 radical (unpaired) electrons. The number of ether oxygens (including phenoxy) is 1. The van der Waals surface area contributed by atoms with Gasteiger partial charge in [0, 0.05) is 11.8 Å². The number of fused-ring (bicyclic) bond motifs is 1. The highest BCUT2D eigenvalue weighted by Crippen LogP contribution is 2.28. The maximum absolute atomic E-state index is 12.6. The van der Waals surface area contributed by atoms with Gasteiger partial charge in [0.2, 0.25) is 0 Å². The molecule has 0 spiro atoms. The number of hydrogen-bond donors (Lipinski definition) is 1. The number of halogens is 1. The van der Waals surface area contributed by atoms with Crippen molar-refractivity contribution in [3.05, 3.63) is 117 Å². The molecule has 4 aromatic rings. The Morgan fingerprint density at radius 1 is 1.06 bits per heavy atom. The van der Waals surface area contributed by atoms with Crippen LogP contribution in [-0.4, -0.2) is 10.8 Å². The van der Waals surface area contributed by atoms with Gasteiger partial charge in [-0.1, -0.05) is 66.2 Å². The second kappa shape index (κ2) is 10.5. The first-order chi connectivity index (χ1) is 16.9. The van der Waals surface area contributed by atoms with Crippen molar-refractivity contribution in [2.45, 2.75) is 6.61 Å². The molecule has 1 amide bonds. The molecule has 0 aromatic heterocycles. The smallest absolute Gasteiger partial charge is 0.289 e. The summed E-state index contributed by atoms with van der Waals surface area (Å²) >= 11 is 5.80. The standard InChI is InChI=1S/C27H18ClN3O4/c28-25-12-11-22(15-26(25)31(33)34)30-27(32)21(16-29)13-18-5-3-9-23(14-18)35-17-20-8-4-7-19-6-1-2-10-24(19)20/h1-15H,17H2,(H,30,32). The summed E-state index contributed by atoms with van der Waals surface area (Å²) in [4.78, 5) is 23.0. The molecule has 0 heterocycles. The minimum Gasteiger partial charge on any atom is -0.489 e. The molecule has 35 heavy (non-hydrogen) atoms. The van der Waals surface area contributed by atoms with Gasteiger partial charge in [-0.25, -0.2) is 0 Å². The highest BCUT2D eigenvalue weighted by Gasteiger charge is 2.16. The number of nitrogens with zero attached hydrogens (tertiary/aromatic N) is 2. The van der Waals surface area contributed by atoms with Gasteiger partial charge in [0.1, 0.15) is 29.0 Å². The Morgan fingerprint density at radius 3 is 2.63 bits per heavy atom. The van der Waals surface area contributed by atoms with Crippen molar-refractivity contribution in [3.8, 4) is 11.8 Å². The molecule has 8 heteroatoms. The maximum atomic E-state index is 12.6. The Kier molecular flexibility index (Phi) is 7.05. The molecule has 4 aromatic carbocycles. The third kappa shape index (κ3) is 5.64. The second-order valence-corrected chi connectivity index (χ2v) is 7.95. The van der Waals surface area contributed by atoms with E-state index in [9.17, 15) is 20.2 Å². The molecule has 0 atom stereocenters. The van der Waals surface area contributed by atoms with E-state index < -0.39 is 10.8 Å². The number of nitrogens with one attached hydrogen (secondary N) is 1. The predicted octanol–water partition coefficient (Wildman–Crippen LogP) is 6.53. The van der Waals surface area contributed by atoms with Crippen LogP contribution in [0.1, 0.15) is 11.1 Å². The van der Waals surface area contributed by atoms with Gasteiger partial charge in [-0.15, -0.1) is 0 Å². The number of benzene rings is 4. The van der Waals surface area contributed by atoms with E-state index in [4.69, 9.17) is 16.3 Å². The third-order valence-corrected chi connectivity index (χ3v) is 5.53. The van der Waals surface area contributed by atoms with Crippen molar-refractivity contribution >= 4 is 45.7 Å². The fraction of sp³-hybridized carbons (Fsp3) is 0.0370. The number of carbonyl (C=O) groups is 1. The van der Waals surface area contributed by atoms with E-state index in [1.807, 2.05) is 48.5 Å². The Balaban J connectivity index is 1.49. The molecule has 0 unspecified atom stereocenters. The van der Waals surface area contributed by atoms with Gasteiger partial charge in [-0.3, -0.25) is 14.9 Å². The number of amides is 1. The fourth-order valence-electron chi connectivity index (χ4n) is 3.52. The number of hydrogen-bond acceptors (Lipinski definition) is 5. The molecule has 0 bridgehead atoms. The van der Waals surface area contributed by atoms with Crippen LogP contribution in [0.3, 0.4) is 0 Å². The average Bonchev–Trinajstić information content (AvgIpc) is 2.87. The monoisotopic (exact) mass is 483 g/mol. The zero-order valence-electron chi connectivity index (χ0n) is 18.3. The van der Waals surface area contributed by atoms with Crippen LogP contribution < -0.4 is 10.1 Å². The lowest BCUT2D eigenvalue weighted by molar-refractivity contribution is -0.384. The average molecular weight is 484 g/mol. The minimum absolute atomic E-state index is 0.0515. The third-order valence-electron chi connectivity index (χ3n) is 5.21. The van der Waals surface area contributed by atoms with Gasteiger partial charge in [0.05, 0.1) is 4.92 Å². The normalized spacial score (nSPS) is 11.0.